The molecule has 88 heavy (non-hydrogen) atoms. The summed E-state index contributed by atoms with van der Waals surface area (Å²) < 4.78 is 365. The van der Waals surface area contributed by atoms with Gasteiger partial charge in [-0.1, -0.05) is 232 Å². The van der Waals surface area contributed by atoms with E-state index in [1.165, 1.54) is 47.0 Å². The first-order chi connectivity index (χ1) is 56.6. The molecule has 0 unspecified atom stereocenters. The van der Waals surface area contributed by atoms with E-state index in [0.29, 0.717) is 11.3 Å². The summed E-state index contributed by atoms with van der Waals surface area (Å²) in [4.78, 5) is 4.90. The van der Waals surface area contributed by atoms with Crippen LogP contribution >= 0.6 is 0 Å². The smallest absolute Gasteiger partial charge is 0.268 e. The molecular weight excluding hydrogens is 1250 g/mol. The summed E-state index contributed by atoms with van der Waals surface area (Å²) in [6.07, 6.45) is -14.5. The molecule has 2 aliphatic carbocycles. The van der Waals surface area contributed by atoms with E-state index in [0.717, 1.165) is 66.9 Å². The topological polar surface area (TPSA) is 35.9 Å². The van der Waals surface area contributed by atoms with E-state index in [-0.39, 0.29) is 65.5 Å². The number of aromatic nitrogens is 4. The number of imidazole rings is 1. The Morgan fingerprint density at radius 1 is 0.523 bits per heavy atom. The second kappa shape index (κ2) is 21.4. The molecule has 0 N–H and O–H groups in total. The number of nitrogens with zero attached hydrogens (tertiary/aromatic N) is 4. The number of hydrogen-bond acceptors (Lipinski definition) is 2. The minimum absolute atomic E-state index is 0. The van der Waals surface area contributed by atoms with Gasteiger partial charge < -0.3 is 13.9 Å². The third-order valence-electron chi connectivity index (χ3n) is 16.1. The van der Waals surface area contributed by atoms with Crippen LogP contribution in [0.2, 0.25) is 0 Å². The average molecular weight is 1380 g/mol. The van der Waals surface area contributed by atoms with Gasteiger partial charge in [-0.05, 0) is 165 Å². The Hall–Kier alpha value is -7.33. The van der Waals surface area contributed by atoms with Crippen LogP contribution in [-0.4, -0.2) is 14.1 Å². The van der Waals surface area contributed by atoms with Gasteiger partial charge in [0.2, 0.25) is 0 Å². The van der Waals surface area contributed by atoms with Crippen molar-refractivity contribution >= 4 is 32.8 Å². The summed E-state index contributed by atoms with van der Waals surface area (Å²) in [5.41, 5.74) is -26.2. The van der Waals surface area contributed by atoms with Crippen molar-refractivity contribution < 1.29 is 82.5 Å². The molecule has 452 valence electrons. The quantitative estimate of drug-likeness (QED) is 0.112. The van der Waals surface area contributed by atoms with Crippen molar-refractivity contribution in [3.05, 3.63) is 221 Å². The van der Waals surface area contributed by atoms with Gasteiger partial charge in [0.05, 0.1) is 24.9 Å². The summed E-state index contributed by atoms with van der Waals surface area (Å²) in [7, 11) is 0. The van der Waals surface area contributed by atoms with Crippen LogP contribution in [0.15, 0.2) is 164 Å². The summed E-state index contributed by atoms with van der Waals surface area (Å²) in [5, 5.41) is 1.58. The molecule has 3 heterocycles. The molecule has 8 aromatic carbocycles. The van der Waals surface area contributed by atoms with Crippen molar-refractivity contribution in [1.82, 2.24) is 14.1 Å². The second-order valence-corrected chi connectivity index (χ2v) is 25.6. The zero-order valence-corrected chi connectivity index (χ0v) is 51.9. The molecule has 11 aromatic rings. The van der Waals surface area contributed by atoms with Crippen molar-refractivity contribution in [2.45, 2.75) is 181 Å². The Morgan fingerprint density at radius 3 is 1.68 bits per heavy atom. The van der Waals surface area contributed by atoms with Gasteiger partial charge in [0.25, 0.3) is 6.33 Å². The monoisotopic (exact) mass is 1380 g/mol. The molecule has 3 aromatic heterocycles. The van der Waals surface area contributed by atoms with E-state index in [1.807, 2.05) is 28.8 Å². The largest absolute Gasteiger partial charge is 0.510 e. The molecule has 0 atom stereocenters. The minimum Gasteiger partial charge on any atom is -0.510 e. The molecule has 2 aliphatic rings. The summed E-state index contributed by atoms with van der Waals surface area (Å²) >= 11 is 0. The molecule has 0 amide bonds. The second-order valence-electron chi connectivity index (χ2n) is 25.6. The number of benzene rings is 8. The average Bonchev–Trinajstić information content (AvgIpc) is 0.663. The van der Waals surface area contributed by atoms with Crippen molar-refractivity contribution in [2.75, 3.05) is 0 Å². The van der Waals surface area contributed by atoms with Crippen LogP contribution in [0.25, 0.3) is 83.4 Å². The van der Waals surface area contributed by atoms with Crippen molar-refractivity contribution in [1.29, 1.82) is 0 Å². The minimum atomic E-state index is -4.86. The maximum atomic E-state index is 10.5. The van der Waals surface area contributed by atoms with E-state index in [9.17, 15) is 19.2 Å². The number of rotatable bonds is 8. The fraction of sp³-hybridized carbons (Fsp3) is 0.341. The Labute approximate surface area is 591 Å². The summed E-state index contributed by atoms with van der Waals surface area (Å²) in [6.45, 7) is -17.3. The van der Waals surface area contributed by atoms with E-state index < -0.39 is 188 Å². The van der Waals surface area contributed by atoms with Crippen LogP contribution in [0.3, 0.4) is 0 Å². The zero-order chi connectivity index (χ0) is 93.9. The van der Waals surface area contributed by atoms with Gasteiger partial charge in [-0.3, -0.25) is 4.57 Å². The summed E-state index contributed by atoms with van der Waals surface area (Å²) in [6, 6.07) is 29.4. The van der Waals surface area contributed by atoms with Gasteiger partial charge in [0.1, 0.15) is 5.82 Å². The summed E-state index contributed by atoms with van der Waals surface area (Å²) in [5.74, 6) is 0.637. The van der Waals surface area contributed by atoms with Crippen LogP contribution in [0.5, 0.6) is 11.5 Å². The van der Waals surface area contributed by atoms with Gasteiger partial charge in [-0.25, -0.2) is 4.98 Å². The van der Waals surface area contributed by atoms with Crippen molar-refractivity contribution in [3.8, 4) is 62.1 Å². The fourth-order valence-electron chi connectivity index (χ4n) is 11.2. The van der Waals surface area contributed by atoms with Gasteiger partial charge in [-0.2, -0.15) is 18.2 Å². The van der Waals surface area contributed by atoms with Gasteiger partial charge in [-0.15, -0.1) is 29.7 Å². The molecule has 13 rings (SSSR count). The maximum absolute atomic E-state index is 10.5. The van der Waals surface area contributed by atoms with Crippen LogP contribution < -0.4 is 9.30 Å². The van der Waals surface area contributed by atoms with Crippen LogP contribution in [0, 0.1) is 18.5 Å². The Bertz CT molecular complexity index is 5990. The molecular formula is C82H86N4OPt-2. The SMILES string of the molecule is [2H]c1c([2H])c2c(c([2H])c1-c1cccc(-c3c([2H])c([2H])c4c(c3[2H])C(C([2H])([2H])[2H])(C([2H])([2H])[2H])C([2H])([2H])C([2H])([2H])C4(C([2H])([2H])[2H])C([2H])([2H])[2H])c1-[n+]1[c-]n(-c3[c-]c(Oc4[c-]c5c(cc4)c4cc(-c6cc(C(C)(C)C)cc(C(C)(C)C)c6)ccc4n5-c4cc(C(C)(C)C)ccn4)ccc3)c3ccccc31)C(C([2H])([2H])[2H])(C([2H])([2H])[2H])C([2H])([2H])C([2H])([2H])C2(C([2H])([2H])[2H])C([2H])([2H])[2H].[Pt]. The van der Waals surface area contributed by atoms with Crippen LogP contribution in [0.4, 0.5) is 0 Å². The molecule has 0 fully saturated rings. The van der Waals surface area contributed by atoms with Gasteiger partial charge >= 0.3 is 0 Å². The third kappa shape index (κ3) is 10.8. The predicted molar refractivity (Wildman–Crippen MR) is 363 cm³/mol. The van der Waals surface area contributed by atoms with Crippen LogP contribution in [0.1, 0.15) is 234 Å². The van der Waals surface area contributed by atoms with Crippen molar-refractivity contribution in [3.63, 3.8) is 0 Å². The molecule has 0 spiro atoms. The number of pyridine rings is 1. The molecule has 0 bridgehead atoms. The maximum Gasteiger partial charge on any atom is 0.268 e. The molecule has 6 heteroatoms. The first kappa shape index (κ1) is 30.5. The first-order valence-electron chi connectivity index (χ1n) is 47.3. The van der Waals surface area contributed by atoms with E-state index in [4.69, 9.17) is 42.6 Å². The number of para-hydroxylation sites is 3. The van der Waals surface area contributed by atoms with Gasteiger partial charge in [0.15, 0.2) is 0 Å². The zero-order valence-electron chi connectivity index (χ0n) is 87.6. The standard InChI is InChI=1S/C82H86N4O.Pt/c1-76(2,3)56-36-41-83-74(48-56)86-70-35-30-52(55-42-57(77(4,5)6)47-58(43-55)78(7,8)9)44-65(70)64-32-31-61(50-73(64)86)87-60-23-20-22-59(49-60)84-51-85(72-27-19-18-26-71(72)84)75-62(53-28-33-66-68(45-53)81(14,15)39-37-79(66,10)11)24-21-25-63(75)54-29-34-67-69(46-54)82(16,17)40-38-80(67,12)13;/h18-36,41-48H,37-40H2,1-17H3;/q-2;/i10D3,11D3,12D3,13D3,14D3,15D3,16D3,17D3,28D,29D,33D,34D,37D2,38D2,39D2,40D2,45D,46D;. The normalized spacial score (nSPS) is 25.9. The van der Waals surface area contributed by atoms with Gasteiger partial charge in [0, 0.05) is 88.1 Å². The van der Waals surface area contributed by atoms with E-state index in [1.54, 1.807) is 12.3 Å². The molecule has 5 nitrogen and oxygen atoms in total. The van der Waals surface area contributed by atoms with E-state index >= 15 is 0 Å². The van der Waals surface area contributed by atoms with E-state index in [2.05, 4.69) is 111 Å². The molecule has 0 radical (unpaired) electrons. The first-order valence-corrected chi connectivity index (χ1v) is 28.3. The Kier molecular flexibility index (Phi) is 7.42. The van der Waals surface area contributed by atoms with Crippen LogP contribution in [-0.2, 0) is 59.0 Å². The Balaban J connectivity index is 0.0000144. The number of ether oxygens (including phenoxy) is 1. The van der Waals surface area contributed by atoms with Crippen molar-refractivity contribution in [2.24, 2.45) is 0 Å². The number of hydrogen-bond donors (Lipinski definition) is 0. The molecule has 0 saturated heterocycles. The fourth-order valence-corrected chi connectivity index (χ4v) is 11.2. The Morgan fingerprint density at radius 2 is 1.09 bits per heavy atom. The predicted octanol–water partition coefficient (Wildman–Crippen LogP) is 21.2. The number of fused-ring (bicyclic) bond motifs is 6. The molecule has 0 aliphatic heterocycles. The molecule has 0 saturated carbocycles. The third-order valence-corrected chi connectivity index (χ3v) is 16.1.